The van der Waals surface area contributed by atoms with E-state index < -0.39 is 0 Å². The van der Waals surface area contributed by atoms with E-state index in [1.165, 1.54) is 28.2 Å². The van der Waals surface area contributed by atoms with Crippen LogP contribution in [0.2, 0.25) is 0 Å². The quantitative estimate of drug-likeness (QED) is 0.257. The molecular formula is C22H20N4O2S3. The highest BCUT2D eigenvalue weighted by Crippen LogP contribution is 2.32. The van der Waals surface area contributed by atoms with Gasteiger partial charge in [-0.15, -0.1) is 21.5 Å². The number of aromatic nitrogens is 3. The van der Waals surface area contributed by atoms with Gasteiger partial charge in [0.15, 0.2) is 4.34 Å². The molecule has 2 heterocycles. The number of ether oxygens (including phenoxy) is 1. The number of carbonyl (C=O) groups is 1. The normalized spacial score (nSPS) is 10.7. The molecule has 0 unspecified atom stereocenters. The van der Waals surface area contributed by atoms with Gasteiger partial charge in [-0.2, -0.15) is 0 Å². The minimum Gasteiger partial charge on any atom is -0.493 e. The second-order valence-electron chi connectivity index (χ2n) is 6.45. The Labute approximate surface area is 192 Å². The van der Waals surface area contributed by atoms with Crippen molar-refractivity contribution < 1.29 is 9.53 Å². The molecule has 0 saturated heterocycles. The van der Waals surface area contributed by atoms with Crippen molar-refractivity contribution in [2.75, 3.05) is 11.9 Å². The van der Waals surface area contributed by atoms with Crippen molar-refractivity contribution in [3.63, 3.8) is 0 Å². The number of amides is 1. The van der Waals surface area contributed by atoms with Gasteiger partial charge in [0.1, 0.15) is 10.8 Å². The molecule has 6 nitrogen and oxygen atoms in total. The lowest BCUT2D eigenvalue weighted by Crippen LogP contribution is -2.14. The monoisotopic (exact) mass is 468 g/mol. The van der Waals surface area contributed by atoms with Crippen LogP contribution in [0, 0.1) is 0 Å². The van der Waals surface area contributed by atoms with Crippen LogP contribution in [-0.4, -0.2) is 27.7 Å². The zero-order valence-corrected chi connectivity index (χ0v) is 19.2. The number of benzene rings is 2. The Balaban J connectivity index is 1.33. The van der Waals surface area contributed by atoms with Gasteiger partial charge in [0.05, 0.1) is 24.3 Å². The lowest BCUT2D eigenvalue weighted by atomic mass is 10.2. The minimum absolute atomic E-state index is 0.161. The van der Waals surface area contributed by atoms with Crippen molar-refractivity contribution in [3.05, 3.63) is 71.2 Å². The second-order valence-corrected chi connectivity index (χ2v) is 9.50. The Kier molecular flexibility index (Phi) is 7.29. The predicted octanol–water partition coefficient (Wildman–Crippen LogP) is 5.53. The number of nitrogens with zero attached hydrogens (tertiary/aromatic N) is 3. The smallest absolute Gasteiger partial charge is 0.232 e. The van der Waals surface area contributed by atoms with Gasteiger partial charge in [0.25, 0.3) is 0 Å². The van der Waals surface area contributed by atoms with Gasteiger partial charge in [-0.25, -0.2) is 4.98 Å². The summed E-state index contributed by atoms with van der Waals surface area (Å²) in [6.07, 6.45) is 0.180. The number of para-hydroxylation sites is 1. The molecule has 0 radical (unpaired) electrons. The van der Waals surface area contributed by atoms with Crippen LogP contribution in [0.15, 0.2) is 64.3 Å². The van der Waals surface area contributed by atoms with Crippen LogP contribution >= 0.6 is 34.4 Å². The predicted molar refractivity (Wildman–Crippen MR) is 127 cm³/mol. The van der Waals surface area contributed by atoms with Gasteiger partial charge in [-0.1, -0.05) is 65.6 Å². The average molecular weight is 469 g/mol. The number of hydrogen-bond donors (Lipinski definition) is 1. The molecular weight excluding hydrogens is 448 g/mol. The van der Waals surface area contributed by atoms with Gasteiger partial charge >= 0.3 is 0 Å². The number of rotatable bonds is 9. The first-order valence-electron chi connectivity index (χ1n) is 9.68. The van der Waals surface area contributed by atoms with Gasteiger partial charge in [-0.05, 0) is 24.6 Å². The van der Waals surface area contributed by atoms with Crippen LogP contribution in [0.4, 0.5) is 5.13 Å². The van der Waals surface area contributed by atoms with Crippen molar-refractivity contribution in [1.29, 1.82) is 0 Å². The molecule has 0 aliphatic carbocycles. The third-order valence-electron chi connectivity index (χ3n) is 4.17. The van der Waals surface area contributed by atoms with Crippen LogP contribution in [0.5, 0.6) is 5.75 Å². The first kappa shape index (κ1) is 21.5. The summed E-state index contributed by atoms with van der Waals surface area (Å²) in [6.45, 7) is 2.54. The van der Waals surface area contributed by atoms with Crippen LogP contribution < -0.4 is 10.1 Å². The highest BCUT2D eigenvalue weighted by molar-refractivity contribution is 8.00. The van der Waals surface area contributed by atoms with E-state index in [1.54, 1.807) is 11.8 Å². The fourth-order valence-electron chi connectivity index (χ4n) is 2.80. The van der Waals surface area contributed by atoms with Gasteiger partial charge < -0.3 is 10.1 Å². The summed E-state index contributed by atoms with van der Waals surface area (Å²) in [5.74, 6) is 1.45. The first-order chi connectivity index (χ1) is 15.2. The Morgan fingerprint density at radius 2 is 1.90 bits per heavy atom. The molecule has 0 aliphatic rings. The third kappa shape index (κ3) is 5.90. The summed E-state index contributed by atoms with van der Waals surface area (Å²) in [4.78, 5) is 17.1. The zero-order valence-electron chi connectivity index (χ0n) is 16.8. The van der Waals surface area contributed by atoms with Crippen molar-refractivity contribution in [3.8, 4) is 16.3 Å². The number of thioether (sulfide) groups is 1. The summed E-state index contributed by atoms with van der Waals surface area (Å²) in [5, 5.41) is 14.3. The summed E-state index contributed by atoms with van der Waals surface area (Å²) in [5.41, 5.74) is 2.87. The Hall–Kier alpha value is -2.75. The van der Waals surface area contributed by atoms with E-state index in [1.807, 2.05) is 54.8 Å². The van der Waals surface area contributed by atoms with Crippen LogP contribution in [0.3, 0.4) is 0 Å². The lowest BCUT2D eigenvalue weighted by Gasteiger charge is -2.07. The molecule has 4 rings (SSSR count). The van der Waals surface area contributed by atoms with Crippen molar-refractivity contribution in [1.82, 2.24) is 15.2 Å². The summed E-state index contributed by atoms with van der Waals surface area (Å²) >= 11 is 4.48. The second kappa shape index (κ2) is 10.5. The van der Waals surface area contributed by atoms with Crippen LogP contribution in [0.25, 0.3) is 10.6 Å². The number of anilines is 1. The molecule has 4 aromatic rings. The summed E-state index contributed by atoms with van der Waals surface area (Å²) in [7, 11) is 0. The molecule has 1 N–H and O–H groups in total. The van der Waals surface area contributed by atoms with E-state index in [-0.39, 0.29) is 12.3 Å². The van der Waals surface area contributed by atoms with E-state index in [2.05, 4.69) is 32.6 Å². The largest absolute Gasteiger partial charge is 0.493 e. The van der Waals surface area contributed by atoms with Crippen molar-refractivity contribution in [2.45, 2.75) is 23.4 Å². The molecule has 0 aliphatic heterocycles. The molecule has 0 spiro atoms. The maximum atomic E-state index is 12.4. The minimum atomic E-state index is -0.161. The van der Waals surface area contributed by atoms with E-state index >= 15 is 0 Å². The highest BCUT2D eigenvalue weighted by Gasteiger charge is 2.14. The van der Waals surface area contributed by atoms with E-state index in [0.717, 1.165) is 26.4 Å². The highest BCUT2D eigenvalue weighted by atomic mass is 32.2. The van der Waals surface area contributed by atoms with Crippen molar-refractivity contribution >= 4 is 45.5 Å². The van der Waals surface area contributed by atoms with Gasteiger partial charge in [0, 0.05) is 11.1 Å². The Bertz CT molecular complexity index is 1140. The summed E-state index contributed by atoms with van der Waals surface area (Å²) < 4.78 is 6.50. The average Bonchev–Trinajstić information content (AvgIpc) is 3.43. The molecule has 2 aromatic carbocycles. The fraction of sp³-hybridized carbons (Fsp3) is 0.182. The molecule has 0 bridgehead atoms. The molecule has 0 saturated carbocycles. The molecule has 1 amide bonds. The first-order valence-corrected chi connectivity index (χ1v) is 12.4. The molecule has 2 aromatic heterocycles. The van der Waals surface area contributed by atoms with Gasteiger partial charge in [0.2, 0.25) is 11.0 Å². The van der Waals surface area contributed by atoms with Crippen molar-refractivity contribution in [2.24, 2.45) is 0 Å². The van der Waals surface area contributed by atoms with Gasteiger partial charge in [-0.3, -0.25) is 4.79 Å². The number of hydrogen-bond acceptors (Lipinski definition) is 8. The maximum absolute atomic E-state index is 12.4. The molecule has 0 fully saturated rings. The van der Waals surface area contributed by atoms with Crippen LogP contribution in [-0.2, 0) is 17.0 Å². The number of thiazole rings is 1. The molecule has 0 atom stereocenters. The molecule has 158 valence electrons. The van der Waals surface area contributed by atoms with E-state index in [4.69, 9.17) is 4.74 Å². The standard InChI is InChI=1S/C22H20N4O2S3/c1-2-28-18-11-7-6-10-17(18)20-23-16(14-29-20)12-19(27)24-21-25-26-22(31-21)30-13-15-8-4-3-5-9-15/h3-11,14H,2,12-13H2,1H3,(H,24,25,27). The van der Waals surface area contributed by atoms with E-state index in [9.17, 15) is 4.79 Å². The SMILES string of the molecule is CCOc1ccccc1-c1nc(CC(=O)Nc2nnc(SCc3ccccc3)s2)cs1. The third-order valence-corrected chi connectivity index (χ3v) is 7.14. The number of nitrogens with one attached hydrogen (secondary N) is 1. The van der Waals surface area contributed by atoms with E-state index in [0.29, 0.717) is 17.4 Å². The maximum Gasteiger partial charge on any atom is 0.232 e. The Morgan fingerprint density at radius 1 is 1.10 bits per heavy atom. The molecule has 31 heavy (non-hydrogen) atoms. The Morgan fingerprint density at radius 3 is 2.74 bits per heavy atom. The topological polar surface area (TPSA) is 77.0 Å². The molecule has 9 heteroatoms. The lowest BCUT2D eigenvalue weighted by molar-refractivity contribution is -0.115. The number of carbonyl (C=O) groups excluding carboxylic acids is 1. The zero-order chi connectivity index (χ0) is 21.5. The fourth-order valence-corrected chi connectivity index (χ4v) is 5.38. The van der Waals surface area contributed by atoms with Crippen LogP contribution in [0.1, 0.15) is 18.2 Å². The summed E-state index contributed by atoms with van der Waals surface area (Å²) in [6, 6.07) is 18.0.